The molecular weight excluding hydrogens is 196 g/mol. The molecule has 1 nitrogen and oxygen atoms in total. The van der Waals surface area contributed by atoms with E-state index < -0.39 is 5.60 Å². The van der Waals surface area contributed by atoms with E-state index in [9.17, 15) is 5.11 Å². The Bertz CT molecular complexity index is 359. The first-order chi connectivity index (χ1) is 6.71. The first kappa shape index (κ1) is 9.75. The van der Waals surface area contributed by atoms with Gasteiger partial charge < -0.3 is 5.11 Å². The average molecular weight is 209 g/mol. The second-order valence-electron chi connectivity index (χ2n) is 3.73. The minimum atomic E-state index is -0.802. The van der Waals surface area contributed by atoms with Gasteiger partial charge in [-0.1, -0.05) is 35.9 Å². The predicted octanol–water partition coefficient (Wildman–Crippen LogP) is 3.27. The highest BCUT2D eigenvalue weighted by Gasteiger charge is 2.27. The molecule has 0 spiro atoms. The van der Waals surface area contributed by atoms with E-state index in [4.69, 9.17) is 11.6 Å². The summed E-state index contributed by atoms with van der Waals surface area (Å²) in [5.74, 6) is 0. The molecule has 0 radical (unpaired) electrons. The molecule has 1 unspecified atom stereocenters. The molecule has 14 heavy (non-hydrogen) atoms. The van der Waals surface area contributed by atoms with Gasteiger partial charge in [-0.3, -0.25) is 0 Å². The van der Waals surface area contributed by atoms with Crippen molar-refractivity contribution in [2.24, 2.45) is 0 Å². The Hall–Kier alpha value is -0.790. The van der Waals surface area contributed by atoms with Gasteiger partial charge in [-0.25, -0.2) is 0 Å². The molecule has 0 saturated carbocycles. The van der Waals surface area contributed by atoms with Gasteiger partial charge in [0.1, 0.15) is 5.60 Å². The predicted molar refractivity (Wildman–Crippen MR) is 58.3 cm³/mol. The van der Waals surface area contributed by atoms with Gasteiger partial charge in [0, 0.05) is 5.02 Å². The Kier molecular flexibility index (Phi) is 2.62. The lowest BCUT2D eigenvalue weighted by Crippen LogP contribution is -2.24. The van der Waals surface area contributed by atoms with Gasteiger partial charge in [0.15, 0.2) is 0 Å². The molecule has 0 saturated heterocycles. The highest BCUT2D eigenvalue weighted by molar-refractivity contribution is 6.30. The van der Waals surface area contributed by atoms with Gasteiger partial charge in [-0.2, -0.15) is 0 Å². The summed E-state index contributed by atoms with van der Waals surface area (Å²) in [6.45, 7) is 0. The van der Waals surface area contributed by atoms with E-state index in [2.05, 4.69) is 0 Å². The number of halogens is 1. The lowest BCUT2D eigenvalue weighted by Gasteiger charge is -2.28. The molecule has 74 valence electrons. The van der Waals surface area contributed by atoms with Crippen molar-refractivity contribution in [3.05, 3.63) is 47.0 Å². The summed E-state index contributed by atoms with van der Waals surface area (Å²) in [7, 11) is 0. The SMILES string of the molecule is OC1(c2cccc(Cl)c2)C=CCCC1. The van der Waals surface area contributed by atoms with Gasteiger partial charge in [0.05, 0.1) is 0 Å². The lowest BCUT2D eigenvalue weighted by molar-refractivity contribution is 0.0726. The van der Waals surface area contributed by atoms with E-state index in [1.54, 1.807) is 0 Å². The first-order valence-corrected chi connectivity index (χ1v) is 5.25. The number of hydrogen-bond donors (Lipinski definition) is 1. The van der Waals surface area contributed by atoms with Crippen molar-refractivity contribution in [2.45, 2.75) is 24.9 Å². The molecule has 1 aliphatic rings. The van der Waals surface area contributed by atoms with E-state index in [-0.39, 0.29) is 0 Å². The van der Waals surface area contributed by atoms with E-state index in [0.717, 1.165) is 24.8 Å². The van der Waals surface area contributed by atoms with E-state index in [1.165, 1.54) is 0 Å². The number of aliphatic hydroxyl groups is 1. The van der Waals surface area contributed by atoms with Crippen molar-refractivity contribution >= 4 is 11.6 Å². The van der Waals surface area contributed by atoms with Crippen LogP contribution in [0.1, 0.15) is 24.8 Å². The van der Waals surface area contributed by atoms with Gasteiger partial charge in [-0.15, -0.1) is 0 Å². The summed E-state index contributed by atoms with van der Waals surface area (Å²) in [5, 5.41) is 11.0. The maximum atomic E-state index is 10.3. The Labute approximate surface area is 89.0 Å². The van der Waals surface area contributed by atoms with Crippen LogP contribution < -0.4 is 0 Å². The molecule has 1 atom stereocenters. The van der Waals surface area contributed by atoms with Gasteiger partial charge in [0.25, 0.3) is 0 Å². The Morgan fingerprint density at radius 2 is 2.21 bits per heavy atom. The maximum Gasteiger partial charge on any atom is 0.108 e. The molecule has 2 rings (SSSR count). The molecule has 1 aromatic rings. The van der Waals surface area contributed by atoms with Crippen LogP contribution in [0.4, 0.5) is 0 Å². The van der Waals surface area contributed by atoms with Crippen LogP contribution in [-0.4, -0.2) is 5.11 Å². The van der Waals surface area contributed by atoms with Gasteiger partial charge in [-0.05, 0) is 37.0 Å². The second kappa shape index (κ2) is 3.76. The maximum absolute atomic E-state index is 10.3. The van der Waals surface area contributed by atoms with Gasteiger partial charge >= 0.3 is 0 Å². The molecule has 0 aromatic heterocycles. The average Bonchev–Trinajstić information content (AvgIpc) is 2.19. The molecule has 0 heterocycles. The van der Waals surface area contributed by atoms with Crippen molar-refractivity contribution in [3.63, 3.8) is 0 Å². The van der Waals surface area contributed by atoms with E-state index in [1.807, 2.05) is 36.4 Å². The zero-order chi connectivity index (χ0) is 10.0. The number of benzene rings is 1. The third-order valence-corrected chi connectivity index (χ3v) is 2.88. The van der Waals surface area contributed by atoms with Crippen LogP contribution in [0.25, 0.3) is 0 Å². The smallest absolute Gasteiger partial charge is 0.108 e. The monoisotopic (exact) mass is 208 g/mol. The zero-order valence-corrected chi connectivity index (χ0v) is 8.67. The molecule has 1 aliphatic carbocycles. The van der Waals surface area contributed by atoms with Gasteiger partial charge in [0.2, 0.25) is 0 Å². The van der Waals surface area contributed by atoms with Crippen molar-refractivity contribution in [2.75, 3.05) is 0 Å². The Morgan fingerprint density at radius 3 is 2.86 bits per heavy atom. The van der Waals surface area contributed by atoms with Crippen LogP contribution in [0.3, 0.4) is 0 Å². The van der Waals surface area contributed by atoms with E-state index >= 15 is 0 Å². The summed E-state index contributed by atoms with van der Waals surface area (Å²) in [5.41, 5.74) is 0.0873. The van der Waals surface area contributed by atoms with Crippen molar-refractivity contribution in [1.82, 2.24) is 0 Å². The molecule has 1 aromatic carbocycles. The highest BCUT2D eigenvalue weighted by atomic mass is 35.5. The van der Waals surface area contributed by atoms with Crippen molar-refractivity contribution in [1.29, 1.82) is 0 Å². The number of allylic oxidation sites excluding steroid dienone is 1. The Morgan fingerprint density at radius 1 is 1.36 bits per heavy atom. The Balaban J connectivity index is 2.37. The van der Waals surface area contributed by atoms with Crippen LogP contribution in [0.5, 0.6) is 0 Å². The molecule has 2 heteroatoms. The summed E-state index contributed by atoms with van der Waals surface area (Å²) >= 11 is 5.89. The topological polar surface area (TPSA) is 20.2 Å². The highest BCUT2D eigenvalue weighted by Crippen LogP contribution is 2.33. The van der Waals surface area contributed by atoms with Crippen LogP contribution in [-0.2, 0) is 5.60 Å². The largest absolute Gasteiger partial charge is 0.381 e. The fourth-order valence-corrected chi connectivity index (χ4v) is 2.04. The molecule has 0 amide bonds. The third-order valence-electron chi connectivity index (χ3n) is 2.65. The molecule has 1 N–H and O–H groups in total. The minimum absolute atomic E-state index is 0.676. The van der Waals surface area contributed by atoms with Crippen LogP contribution in [0, 0.1) is 0 Å². The van der Waals surface area contributed by atoms with Crippen molar-refractivity contribution in [3.8, 4) is 0 Å². The summed E-state index contributed by atoms with van der Waals surface area (Å²) in [4.78, 5) is 0. The van der Waals surface area contributed by atoms with E-state index in [0.29, 0.717) is 5.02 Å². The lowest BCUT2D eigenvalue weighted by atomic mass is 9.85. The normalized spacial score (nSPS) is 26.4. The number of rotatable bonds is 1. The molecule has 0 aliphatic heterocycles. The molecular formula is C12H13ClO. The third kappa shape index (κ3) is 1.84. The fraction of sp³-hybridized carbons (Fsp3) is 0.333. The number of hydrogen-bond acceptors (Lipinski definition) is 1. The fourth-order valence-electron chi connectivity index (χ4n) is 1.85. The zero-order valence-electron chi connectivity index (χ0n) is 7.91. The van der Waals surface area contributed by atoms with Crippen LogP contribution in [0.2, 0.25) is 5.02 Å². The van der Waals surface area contributed by atoms with Crippen LogP contribution >= 0.6 is 11.6 Å². The van der Waals surface area contributed by atoms with Crippen LogP contribution in [0.15, 0.2) is 36.4 Å². The second-order valence-corrected chi connectivity index (χ2v) is 4.17. The summed E-state index contributed by atoms with van der Waals surface area (Å²) < 4.78 is 0. The summed E-state index contributed by atoms with van der Waals surface area (Å²) in [6, 6.07) is 7.44. The minimum Gasteiger partial charge on any atom is -0.381 e. The molecule has 0 fully saturated rings. The molecule has 0 bridgehead atoms. The quantitative estimate of drug-likeness (QED) is 0.703. The summed E-state index contributed by atoms with van der Waals surface area (Å²) in [6.07, 6.45) is 6.78. The standard InChI is InChI=1S/C12H13ClO/c13-11-6-4-5-10(9-11)12(14)7-2-1-3-8-12/h2,4-7,9,14H,1,3,8H2. The van der Waals surface area contributed by atoms with Crippen molar-refractivity contribution < 1.29 is 5.11 Å². The first-order valence-electron chi connectivity index (χ1n) is 4.87.